The van der Waals surface area contributed by atoms with Crippen LogP contribution in [0, 0.1) is 17.8 Å². The van der Waals surface area contributed by atoms with Crippen LogP contribution >= 0.6 is 12.6 Å². The quantitative estimate of drug-likeness (QED) is 0.0232. The molecule has 6 atom stereocenters. The normalized spacial score (nSPS) is 14.8. The van der Waals surface area contributed by atoms with E-state index in [2.05, 4.69) is 44.2 Å². The lowest BCUT2D eigenvalue weighted by Crippen LogP contribution is -2.60. The molecule has 0 fully saturated rings. The molecule has 0 aliphatic heterocycles. The third-order valence-electron chi connectivity index (χ3n) is 7.13. The maximum absolute atomic E-state index is 13.6. The number of aliphatic carboxylic acids is 2. The Labute approximate surface area is 298 Å². The molecule has 0 aromatic rings. The Kier molecular flexibility index (Phi) is 21.4. The summed E-state index contributed by atoms with van der Waals surface area (Å²) in [5.74, 6) is -7.30. The molecule has 0 aromatic carbocycles. The molecular formula is C31H57N9O9S. The van der Waals surface area contributed by atoms with Gasteiger partial charge >= 0.3 is 11.9 Å². The van der Waals surface area contributed by atoms with Gasteiger partial charge in [0.2, 0.25) is 29.5 Å². The van der Waals surface area contributed by atoms with E-state index in [0.717, 1.165) is 0 Å². The molecule has 0 radical (unpaired) electrons. The van der Waals surface area contributed by atoms with Crippen molar-refractivity contribution in [3.05, 3.63) is 0 Å². The number of nitrogens with zero attached hydrogens (tertiary/aromatic N) is 1. The summed E-state index contributed by atoms with van der Waals surface area (Å²) in [5, 5.41) is 31.6. The second-order valence-corrected chi connectivity index (χ2v) is 13.7. The fourth-order valence-electron chi connectivity index (χ4n) is 4.71. The Morgan fingerprint density at radius 1 is 0.620 bits per heavy atom. The van der Waals surface area contributed by atoms with Crippen LogP contribution in [0.15, 0.2) is 4.99 Å². The molecule has 0 aliphatic rings. The fraction of sp³-hybridized carbons (Fsp3) is 0.742. The first-order valence-electron chi connectivity index (χ1n) is 16.6. The van der Waals surface area contributed by atoms with Gasteiger partial charge in [-0.1, -0.05) is 41.5 Å². The largest absolute Gasteiger partial charge is 0.481 e. The van der Waals surface area contributed by atoms with Crippen molar-refractivity contribution in [1.29, 1.82) is 0 Å². The van der Waals surface area contributed by atoms with Gasteiger partial charge in [0.15, 0.2) is 5.96 Å². The van der Waals surface area contributed by atoms with Crippen LogP contribution in [0.25, 0.3) is 0 Å². The van der Waals surface area contributed by atoms with E-state index in [1.165, 1.54) is 0 Å². The molecule has 0 aliphatic carbocycles. The van der Waals surface area contributed by atoms with E-state index >= 15 is 0 Å². The number of carboxylic acid groups (broad SMARTS) is 2. The highest BCUT2D eigenvalue weighted by Gasteiger charge is 2.34. The molecule has 0 spiro atoms. The number of carboxylic acids is 2. The van der Waals surface area contributed by atoms with Crippen molar-refractivity contribution in [2.24, 2.45) is 39.9 Å². The molecule has 13 N–H and O–H groups in total. The smallest absolute Gasteiger partial charge is 0.326 e. The average Bonchev–Trinajstić information content (AvgIpc) is 2.99. The van der Waals surface area contributed by atoms with Crippen LogP contribution in [0.1, 0.15) is 80.1 Å². The van der Waals surface area contributed by atoms with Crippen LogP contribution in [0.2, 0.25) is 0 Å². The van der Waals surface area contributed by atoms with Gasteiger partial charge < -0.3 is 54.0 Å². The molecule has 286 valence electrons. The highest BCUT2D eigenvalue weighted by atomic mass is 32.1. The molecule has 0 heterocycles. The first kappa shape index (κ1) is 45.9. The standard InChI is InChI=1S/C31H57N9O9S/c1-15(2)10-20(37-25(43)18(32)14-50)28(46)39-22(13-24(41)42)29(47)38-21(11-16(3)4)27(45)36-19(8-7-9-35-31(33)34)26(44)40-23(30(48)49)12-17(5)6/h15-23,50H,7-14,32H2,1-6H3,(H,36,45)(H,37,43)(H,38,47)(H,39,46)(H,40,44)(H,41,42)(H,48,49)(H4,33,34,35)/t18-,19-,20-,21-,22-,23-/m0/s1. The van der Waals surface area contributed by atoms with Crippen molar-refractivity contribution in [2.75, 3.05) is 12.3 Å². The topological polar surface area (TPSA) is 311 Å². The van der Waals surface area contributed by atoms with Crippen molar-refractivity contribution in [3.63, 3.8) is 0 Å². The van der Waals surface area contributed by atoms with Gasteiger partial charge in [-0.2, -0.15) is 12.6 Å². The molecule has 19 heteroatoms. The molecule has 18 nitrogen and oxygen atoms in total. The Balaban J connectivity index is 6.24. The van der Waals surface area contributed by atoms with Crippen molar-refractivity contribution in [1.82, 2.24) is 26.6 Å². The minimum absolute atomic E-state index is 0.00205. The molecular weight excluding hydrogens is 674 g/mol. The first-order valence-corrected chi connectivity index (χ1v) is 17.2. The minimum atomic E-state index is -1.65. The molecule has 0 rings (SSSR count). The van der Waals surface area contributed by atoms with Crippen LogP contribution < -0.4 is 43.8 Å². The maximum atomic E-state index is 13.6. The van der Waals surface area contributed by atoms with E-state index in [9.17, 15) is 43.8 Å². The van der Waals surface area contributed by atoms with Crippen molar-refractivity contribution in [3.8, 4) is 0 Å². The first-order chi connectivity index (χ1) is 23.2. The Hall–Kier alpha value is -4.13. The van der Waals surface area contributed by atoms with Crippen LogP contribution in [0.5, 0.6) is 0 Å². The van der Waals surface area contributed by atoms with E-state index in [0.29, 0.717) is 0 Å². The third kappa shape index (κ3) is 19.2. The van der Waals surface area contributed by atoms with Gasteiger partial charge in [-0.05, 0) is 49.9 Å². The summed E-state index contributed by atoms with van der Waals surface area (Å²) in [6.07, 6.45) is -0.312. The Morgan fingerprint density at radius 2 is 1.00 bits per heavy atom. The second-order valence-electron chi connectivity index (χ2n) is 13.4. The lowest BCUT2D eigenvalue weighted by Gasteiger charge is -2.28. The third-order valence-corrected chi connectivity index (χ3v) is 7.52. The zero-order chi connectivity index (χ0) is 38.7. The number of carbonyl (C=O) groups is 7. The van der Waals surface area contributed by atoms with Crippen LogP contribution in [-0.2, 0) is 33.6 Å². The lowest BCUT2D eigenvalue weighted by atomic mass is 10.00. The number of hydrogen-bond donors (Lipinski definition) is 11. The molecule has 0 bridgehead atoms. The van der Waals surface area contributed by atoms with Crippen molar-refractivity contribution < 1.29 is 43.8 Å². The fourth-order valence-corrected chi connectivity index (χ4v) is 4.87. The number of carbonyl (C=O) groups excluding carboxylic acids is 5. The van der Waals surface area contributed by atoms with Gasteiger partial charge in [0.1, 0.15) is 30.2 Å². The van der Waals surface area contributed by atoms with E-state index in [1.807, 2.05) is 0 Å². The molecule has 0 aromatic heterocycles. The predicted octanol–water partition coefficient (Wildman–Crippen LogP) is -1.58. The van der Waals surface area contributed by atoms with Crippen LogP contribution in [-0.4, -0.2) is 106 Å². The summed E-state index contributed by atoms with van der Waals surface area (Å²) in [5.41, 5.74) is 16.5. The number of aliphatic imine (C=N–C) groups is 1. The monoisotopic (exact) mass is 731 g/mol. The SMILES string of the molecule is CC(C)C[C@H](NC(=O)[C@H](CCCN=C(N)N)NC(=O)[C@H](CC(C)C)NC(=O)[C@H](CC(=O)O)NC(=O)[C@H](CC(C)C)NC(=O)[C@@H](N)CS)C(=O)O. The van der Waals surface area contributed by atoms with Gasteiger partial charge in [0.05, 0.1) is 12.5 Å². The van der Waals surface area contributed by atoms with Crippen LogP contribution in [0.4, 0.5) is 0 Å². The van der Waals surface area contributed by atoms with Crippen LogP contribution in [0.3, 0.4) is 0 Å². The number of nitrogens with one attached hydrogen (secondary N) is 5. The van der Waals surface area contributed by atoms with Crippen molar-refractivity contribution in [2.45, 2.75) is 116 Å². The van der Waals surface area contributed by atoms with E-state index in [4.69, 9.17) is 17.2 Å². The number of hydrogen-bond acceptors (Lipinski definition) is 10. The number of nitrogens with two attached hydrogens (primary N) is 3. The predicted molar refractivity (Wildman–Crippen MR) is 190 cm³/mol. The van der Waals surface area contributed by atoms with Gasteiger partial charge in [-0.3, -0.25) is 33.8 Å². The number of rotatable bonds is 24. The highest BCUT2D eigenvalue weighted by Crippen LogP contribution is 2.11. The zero-order valence-corrected chi connectivity index (χ0v) is 30.6. The summed E-state index contributed by atoms with van der Waals surface area (Å²) in [4.78, 5) is 93.5. The van der Waals surface area contributed by atoms with E-state index in [1.54, 1.807) is 41.5 Å². The summed E-state index contributed by atoms with van der Waals surface area (Å²) in [7, 11) is 0. The minimum Gasteiger partial charge on any atom is -0.481 e. The van der Waals surface area contributed by atoms with E-state index in [-0.39, 0.29) is 68.1 Å². The lowest BCUT2D eigenvalue weighted by molar-refractivity contribution is -0.143. The number of thiol groups is 1. The summed E-state index contributed by atoms with van der Waals surface area (Å²) < 4.78 is 0. The Morgan fingerprint density at radius 3 is 1.42 bits per heavy atom. The zero-order valence-electron chi connectivity index (χ0n) is 29.7. The van der Waals surface area contributed by atoms with Gasteiger partial charge in [0.25, 0.3) is 0 Å². The van der Waals surface area contributed by atoms with Crippen molar-refractivity contribution >= 4 is 60.1 Å². The van der Waals surface area contributed by atoms with Gasteiger partial charge in [-0.15, -0.1) is 0 Å². The second kappa shape index (κ2) is 23.3. The van der Waals surface area contributed by atoms with Gasteiger partial charge in [-0.25, -0.2) is 4.79 Å². The molecule has 0 saturated heterocycles. The number of guanidine groups is 1. The number of amides is 5. The van der Waals surface area contributed by atoms with E-state index < -0.39 is 84.1 Å². The summed E-state index contributed by atoms with van der Waals surface area (Å²) in [6.45, 7) is 10.8. The molecule has 5 amide bonds. The Bertz CT molecular complexity index is 1200. The highest BCUT2D eigenvalue weighted by molar-refractivity contribution is 7.80. The average molecular weight is 732 g/mol. The molecule has 0 unspecified atom stereocenters. The molecule has 0 saturated carbocycles. The summed E-state index contributed by atoms with van der Waals surface area (Å²) >= 11 is 3.99. The summed E-state index contributed by atoms with van der Waals surface area (Å²) in [6, 6.07) is -7.61. The molecule has 50 heavy (non-hydrogen) atoms. The maximum Gasteiger partial charge on any atom is 0.326 e. The van der Waals surface area contributed by atoms with Gasteiger partial charge in [0, 0.05) is 12.3 Å².